The molecule has 0 aliphatic carbocycles. The van der Waals surface area contributed by atoms with E-state index < -0.39 is 5.91 Å². The first-order chi connectivity index (χ1) is 14.5. The first-order valence-electron chi connectivity index (χ1n) is 10.0. The topological polar surface area (TPSA) is 126 Å². The molecule has 2 aromatic rings. The molecule has 3 amide bonds. The predicted octanol–water partition coefficient (Wildman–Crippen LogP) is 2.10. The number of nitrogens with two attached hydrogens (primary N) is 1. The molecule has 0 saturated carbocycles. The maximum atomic E-state index is 12.8. The van der Waals surface area contributed by atoms with Gasteiger partial charge in [0, 0.05) is 43.6 Å². The fraction of sp³-hybridized carbons (Fsp3) is 0.429. The Balaban J connectivity index is 1.64. The zero-order valence-electron chi connectivity index (χ0n) is 16.9. The lowest BCUT2D eigenvalue weighted by Crippen LogP contribution is -2.41. The number of anilines is 1. The molecule has 2 aliphatic rings. The van der Waals surface area contributed by atoms with Gasteiger partial charge in [0.05, 0.1) is 35.2 Å². The van der Waals surface area contributed by atoms with Crippen molar-refractivity contribution >= 4 is 17.6 Å². The van der Waals surface area contributed by atoms with Crippen molar-refractivity contribution in [3.63, 3.8) is 0 Å². The second-order valence-electron chi connectivity index (χ2n) is 7.64. The fourth-order valence-corrected chi connectivity index (χ4v) is 4.28. The molecule has 4 heterocycles. The normalized spacial score (nSPS) is 16.6. The van der Waals surface area contributed by atoms with Crippen LogP contribution in [0.2, 0.25) is 0 Å². The molecular weight excluding hydrogens is 384 g/mol. The molecular formula is C21H24N6O3. The van der Waals surface area contributed by atoms with E-state index in [1.807, 2.05) is 17.6 Å². The molecule has 4 rings (SSSR count). The zero-order chi connectivity index (χ0) is 21.3. The van der Waals surface area contributed by atoms with Crippen LogP contribution in [0.1, 0.15) is 51.8 Å². The molecule has 0 unspecified atom stereocenters. The Hall–Kier alpha value is -3.38. The van der Waals surface area contributed by atoms with E-state index in [0.29, 0.717) is 43.2 Å². The van der Waals surface area contributed by atoms with E-state index in [4.69, 9.17) is 10.5 Å². The smallest absolute Gasteiger partial charge is 0.322 e. The second kappa shape index (κ2) is 8.16. The molecule has 9 heteroatoms. The summed E-state index contributed by atoms with van der Waals surface area (Å²) < 4.78 is 7.48. The minimum atomic E-state index is -0.640. The van der Waals surface area contributed by atoms with Crippen LogP contribution in [0.15, 0.2) is 18.3 Å². The number of carbonyl (C=O) groups is 2. The molecule has 0 bridgehead atoms. The Labute approximate surface area is 174 Å². The third-order valence-electron chi connectivity index (χ3n) is 5.76. The highest BCUT2D eigenvalue weighted by atomic mass is 16.5. The first kappa shape index (κ1) is 19.9. The molecule has 3 N–H and O–H groups in total. The molecule has 0 spiro atoms. The summed E-state index contributed by atoms with van der Waals surface area (Å²) in [6.07, 6.45) is 3.19. The largest absolute Gasteiger partial charge is 0.381 e. The van der Waals surface area contributed by atoms with Crippen LogP contribution in [-0.4, -0.2) is 46.1 Å². The van der Waals surface area contributed by atoms with E-state index in [9.17, 15) is 14.9 Å². The maximum absolute atomic E-state index is 12.8. The standard InChI is InChI=1S/C21H24N6O3/c1-13-2-3-15(11-24-13)25-21(29)26-6-7-27-17(12-26)18(20(23)28)16(10-22)19(27)14-4-8-30-9-5-14/h2-3,11,14H,4-9,12H2,1H3,(H2,23,28)(H,25,29). The molecule has 2 aromatic heterocycles. The summed E-state index contributed by atoms with van der Waals surface area (Å²) in [5.74, 6) is -0.502. The van der Waals surface area contributed by atoms with Crippen molar-refractivity contribution in [3.05, 3.63) is 46.5 Å². The van der Waals surface area contributed by atoms with Crippen LogP contribution in [0.5, 0.6) is 0 Å². The summed E-state index contributed by atoms with van der Waals surface area (Å²) in [5, 5.41) is 12.7. The quantitative estimate of drug-likeness (QED) is 0.804. The van der Waals surface area contributed by atoms with Gasteiger partial charge in [-0.05, 0) is 31.9 Å². The highest BCUT2D eigenvalue weighted by molar-refractivity contribution is 5.98. The number of primary amides is 1. The van der Waals surface area contributed by atoms with E-state index in [1.165, 1.54) is 0 Å². The number of carbonyl (C=O) groups excluding carboxylic acids is 2. The summed E-state index contributed by atoms with van der Waals surface area (Å²) >= 11 is 0. The number of nitrogens with one attached hydrogen (secondary N) is 1. The molecule has 1 fully saturated rings. The van der Waals surface area contributed by atoms with Crippen molar-refractivity contribution in [2.45, 2.75) is 38.8 Å². The van der Waals surface area contributed by atoms with Gasteiger partial charge in [0.15, 0.2) is 0 Å². The summed E-state index contributed by atoms with van der Waals surface area (Å²) in [6, 6.07) is 5.53. The van der Waals surface area contributed by atoms with Crippen molar-refractivity contribution in [1.29, 1.82) is 5.26 Å². The number of hydrogen-bond donors (Lipinski definition) is 2. The van der Waals surface area contributed by atoms with Crippen LogP contribution >= 0.6 is 0 Å². The minimum absolute atomic E-state index is 0.138. The number of pyridine rings is 1. The highest BCUT2D eigenvalue weighted by Gasteiger charge is 2.34. The Morgan fingerprint density at radius 2 is 2.07 bits per heavy atom. The Kier molecular flexibility index (Phi) is 5.42. The number of amides is 3. The average Bonchev–Trinajstić information content (AvgIpc) is 3.09. The van der Waals surface area contributed by atoms with Crippen molar-refractivity contribution in [1.82, 2.24) is 14.5 Å². The van der Waals surface area contributed by atoms with Crippen LogP contribution in [-0.2, 0) is 17.8 Å². The molecule has 0 atom stereocenters. The number of fused-ring (bicyclic) bond motifs is 1. The van der Waals surface area contributed by atoms with Crippen LogP contribution in [0.25, 0.3) is 0 Å². The van der Waals surface area contributed by atoms with E-state index in [0.717, 1.165) is 24.2 Å². The number of aryl methyl sites for hydroxylation is 1. The molecule has 30 heavy (non-hydrogen) atoms. The van der Waals surface area contributed by atoms with E-state index in [-0.39, 0.29) is 24.1 Å². The van der Waals surface area contributed by atoms with Gasteiger partial charge >= 0.3 is 6.03 Å². The van der Waals surface area contributed by atoms with Crippen molar-refractivity contribution in [2.75, 3.05) is 25.1 Å². The lowest BCUT2D eigenvalue weighted by Gasteiger charge is -2.32. The van der Waals surface area contributed by atoms with Crippen molar-refractivity contribution in [2.24, 2.45) is 5.73 Å². The highest BCUT2D eigenvalue weighted by Crippen LogP contribution is 2.36. The van der Waals surface area contributed by atoms with Gasteiger partial charge in [-0.25, -0.2) is 4.79 Å². The minimum Gasteiger partial charge on any atom is -0.381 e. The fourth-order valence-electron chi connectivity index (χ4n) is 4.28. The van der Waals surface area contributed by atoms with Crippen molar-refractivity contribution in [3.8, 4) is 6.07 Å². The summed E-state index contributed by atoms with van der Waals surface area (Å²) in [6.45, 7) is 4.30. The Morgan fingerprint density at radius 3 is 2.70 bits per heavy atom. The van der Waals surface area contributed by atoms with Gasteiger partial charge in [-0.3, -0.25) is 9.78 Å². The molecule has 0 aromatic carbocycles. The van der Waals surface area contributed by atoms with Crippen LogP contribution < -0.4 is 11.1 Å². The number of urea groups is 1. The number of nitrogens with zero attached hydrogens (tertiary/aromatic N) is 4. The average molecular weight is 408 g/mol. The second-order valence-corrected chi connectivity index (χ2v) is 7.64. The van der Waals surface area contributed by atoms with Crippen LogP contribution in [0.4, 0.5) is 10.5 Å². The molecule has 9 nitrogen and oxygen atoms in total. The lowest BCUT2D eigenvalue weighted by atomic mass is 9.92. The van der Waals surface area contributed by atoms with E-state index in [2.05, 4.69) is 16.4 Å². The molecule has 0 radical (unpaired) electrons. The summed E-state index contributed by atoms with van der Waals surface area (Å²) in [7, 11) is 0. The summed E-state index contributed by atoms with van der Waals surface area (Å²) in [4.78, 5) is 30.8. The maximum Gasteiger partial charge on any atom is 0.322 e. The van der Waals surface area contributed by atoms with Gasteiger partial charge in [-0.15, -0.1) is 0 Å². The number of rotatable bonds is 3. The van der Waals surface area contributed by atoms with Crippen LogP contribution in [0, 0.1) is 18.3 Å². The monoisotopic (exact) mass is 408 g/mol. The van der Waals surface area contributed by atoms with Gasteiger partial charge in [0.25, 0.3) is 5.91 Å². The third kappa shape index (κ3) is 3.62. The summed E-state index contributed by atoms with van der Waals surface area (Å²) in [5.41, 5.74) is 9.18. The first-order valence-corrected chi connectivity index (χ1v) is 10.0. The number of ether oxygens (including phenoxy) is 1. The van der Waals surface area contributed by atoms with Gasteiger partial charge in [-0.1, -0.05) is 0 Å². The SMILES string of the molecule is Cc1ccc(NC(=O)N2CCn3c(c(C(N)=O)c(C#N)c3C3CCOCC3)C2)cn1. The molecule has 1 saturated heterocycles. The zero-order valence-corrected chi connectivity index (χ0v) is 16.9. The van der Waals surface area contributed by atoms with Gasteiger partial charge in [0.2, 0.25) is 0 Å². The number of aromatic nitrogens is 2. The lowest BCUT2D eigenvalue weighted by molar-refractivity contribution is 0.0832. The number of hydrogen-bond acceptors (Lipinski definition) is 5. The third-order valence-corrected chi connectivity index (χ3v) is 5.76. The molecule has 156 valence electrons. The van der Waals surface area contributed by atoms with Crippen LogP contribution in [0.3, 0.4) is 0 Å². The van der Waals surface area contributed by atoms with E-state index >= 15 is 0 Å². The van der Waals surface area contributed by atoms with Gasteiger partial charge < -0.3 is 25.3 Å². The number of nitriles is 1. The van der Waals surface area contributed by atoms with E-state index in [1.54, 1.807) is 17.2 Å². The van der Waals surface area contributed by atoms with Gasteiger partial charge in [-0.2, -0.15) is 5.26 Å². The Morgan fingerprint density at radius 1 is 1.30 bits per heavy atom. The predicted molar refractivity (Wildman–Crippen MR) is 109 cm³/mol. The van der Waals surface area contributed by atoms with Crippen molar-refractivity contribution < 1.29 is 14.3 Å². The molecule has 2 aliphatic heterocycles. The van der Waals surface area contributed by atoms with Gasteiger partial charge in [0.1, 0.15) is 6.07 Å². The Bertz CT molecular complexity index is 1010.